The first-order valence-corrected chi connectivity index (χ1v) is 8.40. The third-order valence-corrected chi connectivity index (χ3v) is 2.49. The van der Waals surface area contributed by atoms with Crippen LogP contribution in [-0.4, -0.2) is 55.0 Å². The van der Waals surface area contributed by atoms with Gasteiger partial charge in [0.05, 0.1) is 0 Å². The summed E-state index contributed by atoms with van der Waals surface area (Å²) in [5.41, 5.74) is 6.24. The molecular weight excluding hydrogens is 408 g/mol. The van der Waals surface area contributed by atoms with Crippen molar-refractivity contribution in [3.63, 3.8) is 0 Å². The summed E-state index contributed by atoms with van der Waals surface area (Å²) < 4.78 is 0. The summed E-state index contributed by atoms with van der Waals surface area (Å²) in [5, 5.41) is 40.8. The zero-order valence-electron chi connectivity index (χ0n) is 16.8. The fraction of sp³-hybridized carbons (Fsp3) is 0.0952. The van der Waals surface area contributed by atoms with Crippen molar-refractivity contribution in [1.29, 1.82) is 0 Å². The predicted molar refractivity (Wildman–Crippen MR) is 117 cm³/mol. The minimum atomic E-state index is -0.981. The quantitative estimate of drug-likeness (QED) is 0.272. The van der Waals surface area contributed by atoms with Crippen LogP contribution in [0, 0.1) is 0 Å². The Bertz CT molecular complexity index is 727. The molecule has 8 N–H and O–H groups in total. The van der Waals surface area contributed by atoms with Crippen molar-refractivity contribution >= 4 is 17.9 Å². The van der Waals surface area contributed by atoms with Gasteiger partial charge in [-0.25, -0.2) is 14.4 Å². The molecule has 1 aromatic heterocycles. The number of phenols is 2. The highest BCUT2D eigenvalue weighted by molar-refractivity contribution is 5.79. The van der Waals surface area contributed by atoms with Crippen LogP contribution in [0.2, 0.25) is 0 Å². The molecule has 2 aromatic rings. The molecule has 31 heavy (non-hydrogen) atoms. The lowest BCUT2D eigenvalue weighted by molar-refractivity contribution is -0.132. The molecule has 0 aliphatic rings. The largest absolute Gasteiger partial charge is 0.504 e. The van der Waals surface area contributed by atoms with Gasteiger partial charge in [-0.05, 0) is 42.8 Å². The number of aliphatic carboxylic acids is 3. The number of benzene rings is 1. The van der Waals surface area contributed by atoms with Crippen LogP contribution < -0.4 is 5.73 Å². The number of aromatic amines is 1. The van der Waals surface area contributed by atoms with E-state index in [0.29, 0.717) is 13.0 Å². The second kappa shape index (κ2) is 22.0. The summed E-state index contributed by atoms with van der Waals surface area (Å²) in [7, 11) is 0. The van der Waals surface area contributed by atoms with Crippen LogP contribution in [-0.2, 0) is 20.8 Å². The first kappa shape index (κ1) is 31.4. The zero-order chi connectivity index (χ0) is 24.7. The number of rotatable bonds is 5. The second-order valence-electron chi connectivity index (χ2n) is 4.87. The molecule has 10 heteroatoms. The number of nitrogens with two attached hydrogens (primary N) is 1. The summed E-state index contributed by atoms with van der Waals surface area (Å²) in [6.45, 7) is 9.43. The van der Waals surface area contributed by atoms with Crippen LogP contribution in [0.15, 0.2) is 80.7 Å². The van der Waals surface area contributed by atoms with Crippen LogP contribution in [0.25, 0.3) is 0 Å². The predicted octanol–water partition coefficient (Wildman–Crippen LogP) is 2.38. The van der Waals surface area contributed by atoms with Crippen molar-refractivity contribution in [2.45, 2.75) is 6.42 Å². The fourth-order valence-electron chi connectivity index (χ4n) is 1.17. The van der Waals surface area contributed by atoms with Gasteiger partial charge >= 0.3 is 17.9 Å². The normalized spacial score (nSPS) is 7.90. The van der Waals surface area contributed by atoms with Gasteiger partial charge in [-0.3, -0.25) is 0 Å². The Hall–Kier alpha value is -4.31. The summed E-state index contributed by atoms with van der Waals surface area (Å²) in [6.07, 6.45) is 6.97. The van der Waals surface area contributed by atoms with E-state index in [2.05, 4.69) is 24.7 Å². The molecule has 170 valence electrons. The standard InChI is InChI=1S/C8H11NO2.C4H5N.3C3H4O2/c9-4-3-6-1-2-7(10)8(11)5-6;1-2-4-5-3-1;3*1-2-3(4)5/h1-2,5,10-11H,3-4,9H2;1-5H;3*2H,1H2,(H,4,5). The van der Waals surface area contributed by atoms with E-state index in [4.69, 9.17) is 31.3 Å². The summed E-state index contributed by atoms with van der Waals surface area (Å²) in [4.78, 5) is 30.6. The van der Waals surface area contributed by atoms with E-state index >= 15 is 0 Å². The molecule has 10 nitrogen and oxygen atoms in total. The Kier molecular flexibility index (Phi) is 22.3. The van der Waals surface area contributed by atoms with E-state index in [0.717, 1.165) is 23.8 Å². The third-order valence-electron chi connectivity index (χ3n) is 2.49. The monoisotopic (exact) mass is 436 g/mol. The Balaban J connectivity index is -0.000000337. The molecule has 0 fully saturated rings. The highest BCUT2D eigenvalue weighted by Gasteiger charge is 1.98. The molecular formula is C21H28N2O8. The molecule has 2 rings (SSSR count). The van der Waals surface area contributed by atoms with Crippen LogP contribution in [0.1, 0.15) is 5.56 Å². The third kappa shape index (κ3) is 28.0. The maximum atomic E-state index is 9.25. The minimum absolute atomic E-state index is 0.0871. The van der Waals surface area contributed by atoms with Crippen LogP contribution in [0.4, 0.5) is 0 Å². The van der Waals surface area contributed by atoms with Gasteiger partial charge in [0.1, 0.15) is 0 Å². The number of carboxylic acids is 3. The molecule has 0 radical (unpaired) electrons. The Morgan fingerprint density at radius 3 is 1.45 bits per heavy atom. The molecule has 0 saturated heterocycles. The molecule has 0 saturated carbocycles. The van der Waals surface area contributed by atoms with E-state index < -0.39 is 17.9 Å². The maximum absolute atomic E-state index is 9.25. The minimum Gasteiger partial charge on any atom is -0.504 e. The number of carboxylic acid groups (broad SMARTS) is 3. The number of carbonyl (C=O) groups is 3. The van der Waals surface area contributed by atoms with E-state index in [1.807, 2.05) is 24.5 Å². The van der Waals surface area contributed by atoms with Crippen molar-refractivity contribution in [3.05, 3.63) is 86.3 Å². The van der Waals surface area contributed by atoms with Gasteiger partial charge in [0.25, 0.3) is 0 Å². The SMILES string of the molecule is C=CC(=O)O.C=CC(=O)O.C=CC(=O)O.NCCc1ccc(O)c(O)c1.c1cc[nH]c1. The molecule has 1 aromatic carbocycles. The molecule has 0 bridgehead atoms. The highest BCUT2D eigenvalue weighted by Crippen LogP contribution is 2.24. The highest BCUT2D eigenvalue weighted by atomic mass is 16.4. The molecule has 0 unspecified atom stereocenters. The van der Waals surface area contributed by atoms with Crippen LogP contribution in [0.5, 0.6) is 11.5 Å². The lowest BCUT2D eigenvalue weighted by atomic mass is 10.1. The van der Waals surface area contributed by atoms with Gasteiger partial charge in [0.2, 0.25) is 0 Å². The molecule has 0 amide bonds. The van der Waals surface area contributed by atoms with Crippen molar-refractivity contribution in [1.82, 2.24) is 4.98 Å². The first-order chi connectivity index (χ1) is 14.5. The molecule has 1 heterocycles. The number of nitrogens with one attached hydrogen (secondary N) is 1. The van der Waals surface area contributed by atoms with Gasteiger partial charge in [-0.2, -0.15) is 0 Å². The smallest absolute Gasteiger partial charge is 0.327 e. The maximum Gasteiger partial charge on any atom is 0.327 e. The molecule has 0 aliphatic carbocycles. The summed E-state index contributed by atoms with van der Waals surface area (Å²) >= 11 is 0. The van der Waals surface area contributed by atoms with Crippen molar-refractivity contribution in [2.75, 3.05) is 6.54 Å². The van der Waals surface area contributed by atoms with Crippen molar-refractivity contribution < 1.29 is 39.9 Å². The van der Waals surface area contributed by atoms with Gasteiger partial charge in [-0.15, -0.1) is 0 Å². The number of phenolic OH excluding ortho intramolecular Hbond substituents is 2. The molecule has 0 aliphatic heterocycles. The molecule has 0 spiro atoms. The fourth-order valence-corrected chi connectivity index (χ4v) is 1.17. The Morgan fingerprint density at radius 2 is 1.23 bits per heavy atom. The molecule has 0 atom stereocenters. The first-order valence-electron chi connectivity index (χ1n) is 8.40. The Morgan fingerprint density at radius 1 is 0.839 bits per heavy atom. The van der Waals surface area contributed by atoms with E-state index in [1.165, 1.54) is 12.1 Å². The van der Waals surface area contributed by atoms with E-state index in [9.17, 15) is 14.4 Å². The van der Waals surface area contributed by atoms with Gasteiger partial charge < -0.3 is 36.3 Å². The Labute approximate surface area is 179 Å². The topological polar surface area (TPSA) is 194 Å². The van der Waals surface area contributed by atoms with Crippen molar-refractivity contribution in [3.8, 4) is 11.5 Å². The zero-order valence-corrected chi connectivity index (χ0v) is 16.8. The van der Waals surface area contributed by atoms with E-state index in [1.54, 1.807) is 6.07 Å². The van der Waals surface area contributed by atoms with Crippen molar-refractivity contribution in [2.24, 2.45) is 5.73 Å². The van der Waals surface area contributed by atoms with Gasteiger partial charge in [-0.1, -0.05) is 25.8 Å². The van der Waals surface area contributed by atoms with Gasteiger partial charge in [0, 0.05) is 30.6 Å². The number of hydrogen-bond donors (Lipinski definition) is 7. The average Bonchev–Trinajstić information content (AvgIpc) is 3.32. The van der Waals surface area contributed by atoms with Crippen LogP contribution >= 0.6 is 0 Å². The average molecular weight is 436 g/mol. The number of hydrogen-bond acceptors (Lipinski definition) is 6. The van der Waals surface area contributed by atoms with Crippen LogP contribution in [0.3, 0.4) is 0 Å². The van der Waals surface area contributed by atoms with E-state index in [-0.39, 0.29) is 11.5 Å². The van der Waals surface area contributed by atoms with Gasteiger partial charge in [0.15, 0.2) is 11.5 Å². The summed E-state index contributed by atoms with van der Waals surface area (Å²) in [6, 6.07) is 8.60. The number of aromatic nitrogens is 1. The summed E-state index contributed by atoms with van der Waals surface area (Å²) in [5.74, 6) is -3.12. The lowest BCUT2D eigenvalue weighted by Gasteiger charge is -2.00. The number of aromatic hydroxyl groups is 2. The number of H-pyrrole nitrogens is 1. The second-order valence-corrected chi connectivity index (χ2v) is 4.87. The lowest BCUT2D eigenvalue weighted by Crippen LogP contribution is -2.02.